The molecule has 42 heteroatoms. The van der Waals surface area contributed by atoms with Crippen LogP contribution in [0.3, 0.4) is 0 Å². The molecule has 8 aromatic rings. The number of aromatic nitrogens is 8. The topological polar surface area (TPSA) is 477 Å². The summed E-state index contributed by atoms with van der Waals surface area (Å²) in [4.78, 5) is 151. The van der Waals surface area contributed by atoms with Gasteiger partial charge in [-0.3, -0.25) is 38.4 Å². The van der Waals surface area contributed by atoms with Gasteiger partial charge in [-0.2, -0.15) is 13.7 Å². The largest absolute Gasteiger partial charge is 0.389 e. The Labute approximate surface area is 871 Å². The number of thiazole rings is 4. The molecule has 5 aliphatic carbocycles. The van der Waals surface area contributed by atoms with Crippen molar-refractivity contribution in [1.29, 1.82) is 5.26 Å². The van der Waals surface area contributed by atoms with Gasteiger partial charge in [-0.1, -0.05) is 71.1 Å². The van der Waals surface area contributed by atoms with Gasteiger partial charge in [0.15, 0.2) is 20.0 Å². The first-order valence-corrected chi connectivity index (χ1v) is 55.5. The molecule has 0 spiro atoms. The molecule has 5 saturated carbocycles. The summed E-state index contributed by atoms with van der Waals surface area (Å²) >= 11 is 3.93. The molecule has 5 saturated heterocycles. The minimum absolute atomic E-state index is 0.00867. The van der Waals surface area contributed by atoms with Gasteiger partial charge in [-0.15, -0.1) is 45.3 Å². The van der Waals surface area contributed by atoms with Crippen LogP contribution in [0.25, 0.3) is 41.8 Å². The summed E-state index contributed by atoms with van der Waals surface area (Å²) in [6, 6.07) is 10.4. The van der Waals surface area contributed by atoms with Crippen LogP contribution >= 0.6 is 45.3 Å². The summed E-state index contributed by atoms with van der Waals surface area (Å²) in [5, 5.41) is 66.2. The number of carbonyl (C=O) groups excluding carboxylic acids is 8. The molecule has 10 aliphatic rings. The third kappa shape index (κ3) is 29.0. The average molecular weight is 2110 g/mol. The highest BCUT2D eigenvalue weighted by Crippen LogP contribution is 2.43. The highest BCUT2D eigenvalue weighted by Gasteiger charge is 2.41. The van der Waals surface area contributed by atoms with Crippen molar-refractivity contribution in [1.82, 2.24) is 80.7 Å². The maximum Gasteiger partial charge on any atom is 0.335 e. The number of halogens is 2. The molecule has 35 nitrogen and oxygen atoms in total. The van der Waals surface area contributed by atoms with Crippen molar-refractivity contribution in [3.8, 4) is 47.8 Å². The van der Waals surface area contributed by atoms with Crippen LogP contribution in [0.4, 0.5) is 32.1 Å². The molecule has 8 aromatic heterocycles. The first-order valence-electron chi connectivity index (χ1n) is 51.5. The van der Waals surface area contributed by atoms with E-state index in [9.17, 15) is 67.7 Å². The number of aryl methyl sites for hydroxylation is 3. The lowest BCUT2D eigenvalue weighted by molar-refractivity contribution is -0.173. The Morgan fingerprint density at radius 3 is 1.10 bits per heavy atom. The Morgan fingerprint density at radius 2 is 0.781 bits per heavy atom. The summed E-state index contributed by atoms with van der Waals surface area (Å²) in [7, 11) is 0. The fourth-order valence-electron chi connectivity index (χ4n) is 20.0. The third-order valence-electron chi connectivity index (χ3n) is 28.6. The van der Waals surface area contributed by atoms with E-state index in [0.717, 1.165) is 175 Å². The van der Waals surface area contributed by atoms with Crippen LogP contribution in [0, 0.1) is 44.9 Å². The number of piperidine rings is 2. The van der Waals surface area contributed by atoms with E-state index >= 15 is 0 Å². The van der Waals surface area contributed by atoms with Gasteiger partial charge in [0.05, 0.1) is 56.0 Å². The summed E-state index contributed by atoms with van der Waals surface area (Å²) in [6.45, 7) is 23.6. The number of nitriles is 1. The summed E-state index contributed by atoms with van der Waals surface area (Å²) < 4.78 is 49.0. The number of nitrogens with one attached hydrogen (secondary N) is 8. The Morgan fingerprint density at radius 1 is 0.452 bits per heavy atom. The third-order valence-corrected chi connectivity index (χ3v) is 33.0. The van der Waals surface area contributed by atoms with Crippen LogP contribution in [0.5, 0.6) is 0 Å². The van der Waals surface area contributed by atoms with Crippen LogP contribution in [0.1, 0.15) is 337 Å². The molecule has 11 N–H and O–H groups in total. The van der Waals surface area contributed by atoms with Crippen molar-refractivity contribution in [3.05, 3.63) is 114 Å². The van der Waals surface area contributed by atoms with Crippen LogP contribution in [-0.2, 0) is 16.3 Å². The number of aliphatic hydroxyl groups is 3. The van der Waals surface area contributed by atoms with Crippen molar-refractivity contribution in [2.75, 3.05) is 93.4 Å². The Bertz CT molecular complexity index is 6020. The molecular formula is C104H139F2N21O14S5. The molecule has 0 bridgehead atoms. The molecule has 0 unspecified atom stereocenters. The van der Waals surface area contributed by atoms with E-state index in [0.29, 0.717) is 110 Å². The second kappa shape index (κ2) is 50.4. The lowest BCUT2D eigenvalue weighted by atomic mass is 9.82. The number of rotatable bonds is 27. The average Bonchev–Trinajstić information content (AvgIpc) is 1.61. The van der Waals surface area contributed by atoms with Crippen LogP contribution in [0.15, 0.2) is 43.0 Å². The zero-order valence-electron chi connectivity index (χ0n) is 85.3. The van der Waals surface area contributed by atoms with E-state index in [1.165, 1.54) is 86.9 Å². The number of anilines is 4. The summed E-state index contributed by atoms with van der Waals surface area (Å²) in [5.74, 6) is 1.19. The summed E-state index contributed by atoms with van der Waals surface area (Å²) in [6.07, 6.45) is 33.4. The molecule has 0 radical (unpaired) electrons. The molecule has 788 valence electrons. The highest BCUT2D eigenvalue weighted by molar-refractivity contribution is 7.51. The predicted octanol–water partition coefficient (Wildman–Crippen LogP) is 15.9. The van der Waals surface area contributed by atoms with E-state index < -0.39 is 58.4 Å². The van der Waals surface area contributed by atoms with E-state index in [4.69, 9.17) is 13.2 Å². The number of carbonyl (C=O) groups is 8. The fraction of sp³-hybridized carbons (Fsp3) is 0.606. The predicted molar refractivity (Wildman–Crippen MR) is 561 cm³/mol. The van der Waals surface area contributed by atoms with Crippen LogP contribution < -0.4 is 42.5 Å². The van der Waals surface area contributed by atoms with E-state index in [2.05, 4.69) is 108 Å². The molecule has 8 amide bonds. The number of alkyl halides is 2. The van der Waals surface area contributed by atoms with Crippen LogP contribution in [0.2, 0.25) is 0 Å². The Balaban J connectivity index is 0.000000153. The van der Waals surface area contributed by atoms with Gasteiger partial charge >= 0.3 is 11.6 Å². The van der Waals surface area contributed by atoms with Crippen molar-refractivity contribution < 1.29 is 75.6 Å². The van der Waals surface area contributed by atoms with Gasteiger partial charge in [0.1, 0.15) is 70.1 Å². The van der Waals surface area contributed by atoms with Gasteiger partial charge in [-0.25, -0.2) is 48.7 Å². The molecule has 2 atom stereocenters. The highest BCUT2D eigenvalue weighted by atomic mass is 32.1. The Hall–Kier alpha value is -10.9. The van der Waals surface area contributed by atoms with Crippen molar-refractivity contribution in [3.63, 3.8) is 0 Å². The second-order valence-corrected chi connectivity index (χ2v) is 46.0. The number of nitrogens with zero attached hydrogens (tertiary/aromatic N) is 13. The van der Waals surface area contributed by atoms with E-state index in [1.54, 1.807) is 63.0 Å². The number of hydrogen-bond donors (Lipinski definition) is 11. The standard InChI is InChI=1S/C27H35FN6O3S.C26H36FN5O3S.C26H35N5O2S.C25H33N5O4S.O2S/c1-16-19(13-29)23(32-18-7-5-4-6-8-18)30-14-20(16)22-21(26(36)34-11-9-17(28)10-12-34)33-25(38-22)24(35)31-15-27(2,3)37;1-16-13-20(30-18-7-5-4-6-8-18)28-14-19(16)22-21(25(34)32-11-9-17(27)10-12-32)31-24(36-22)23(33)29-15-26(2,3)35;1-15-11-19(12-15)29-24(32)25-30-22(26(33)31-10-6-7-17(31)3)23(34-25)20-14-27-21(13-16(20)2)28-18-8-4-5-9-18;1-15-10-19(28-17-7-3-4-8-17)26-11-18(15)21-20(24(32)30-9-5-6-16(30)2)29-23(35-21)22(31)27-12-25(33)13-34-14-25;1-3-2/h14,17-18,37H,4-12,15H2,1-3H3,(H,30,32)(H,31,35);13-14,17-18,35H,4-12,15H2,1-3H3,(H,28,30)(H,29,33);13-15,17-19H,4-12H2,1-3H3,(H,27,28)(H,29,32);10-11,16-17,33H,3-9,12-14H2,1-2H3,(H,26,28)(H,27,31);/t;;15?,17-,19?;16-;/m..00./s1. The smallest absolute Gasteiger partial charge is 0.335 e. The monoisotopic (exact) mass is 2100 g/mol. The number of hydrogen-bond acceptors (Lipinski definition) is 31. The zero-order chi connectivity index (χ0) is 104. The van der Waals surface area contributed by atoms with Crippen molar-refractivity contribution in [2.24, 2.45) is 5.92 Å². The fourth-order valence-corrected chi connectivity index (χ4v) is 24.2. The quantitative estimate of drug-likeness (QED) is 0.0228. The van der Waals surface area contributed by atoms with E-state index in [-0.39, 0.29) is 139 Å². The molecule has 0 aromatic carbocycles. The minimum Gasteiger partial charge on any atom is -0.389 e. The molecule has 13 heterocycles. The Kier molecular flexibility index (Phi) is 38.2. The SMILES string of the molecule is Cc1c(-c2sc(C(=O)NCC(C)(C)O)nc2C(=O)N2CCC(F)CC2)cnc(NC2CCCCC2)c1C#N.Cc1cc(NC2CCCC2)ncc1-c1sc(C(=O)NC2CC(C)C2)nc1C(=O)N1CCC[C@@H]1C.Cc1cc(NC2CCCC2)ncc1-c1sc(C(=O)NCC2(O)COC2)nc1C(=O)N1CCC[C@@H]1C.Cc1cc(NC2CCCCC2)ncc1-c1sc(C(=O)NCC(C)(C)O)nc1C(=O)N1CCC(F)CC1.O=S=O. The van der Waals surface area contributed by atoms with Gasteiger partial charge in [-0.05, 0) is 231 Å². The number of ether oxygens (including phenoxy) is 1. The number of amides is 8. The van der Waals surface area contributed by atoms with Gasteiger partial charge in [0.2, 0.25) is 0 Å². The number of likely N-dealkylation sites (tertiary alicyclic amines) is 4. The van der Waals surface area contributed by atoms with Crippen molar-refractivity contribution >= 4 is 127 Å². The first-order chi connectivity index (χ1) is 69.8. The molecular weight excluding hydrogens is 1970 g/mol. The minimum atomic E-state index is -1.12. The maximum atomic E-state index is 13.7. The van der Waals surface area contributed by atoms with Gasteiger partial charge in [0.25, 0.3) is 47.3 Å². The lowest BCUT2D eigenvalue weighted by Gasteiger charge is -2.36. The zero-order valence-corrected chi connectivity index (χ0v) is 89.4. The second-order valence-electron chi connectivity index (χ2n) is 41.9. The molecule has 18 rings (SSSR count). The molecule has 10 fully saturated rings. The maximum absolute atomic E-state index is 13.7. The summed E-state index contributed by atoms with van der Waals surface area (Å²) in [5.41, 5.74) is 4.65. The number of pyridine rings is 4. The van der Waals surface area contributed by atoms with Crippen LogP contribution in [-0.4, -0.2) is 274 Å². The molecule has 5 aliphatic heterocycles. The molecule has 146 heavy (non-hydrogen) atoms. The van der Waals surface area contributed by atoms with E-state index in [1.807, 2.05) is 55.8 Å². The van der Waals surface area contributed by atoms with Crippen molar-refractivity contribution in [2.45, 2.75) is 327 Å². The first kappa shape index (κ1) is 111. The van der Waals surface area contributed by atoms with Gasteiger partial charge in [0, 0.05) is 142 Å². The lowest BCUT2D eigenvalue weighted by Crippen LogP contribution is -2.56. The normalized spacial score (nSPS) is 19.9. The van der Waals surface area contributed by atoms with Gasteiger partial charge < -0.3 is 82.2 Å².